The zero-order valence-electron chi connectivity index (χ0n) is 11.8. The van der Waals surface area contributed by atoms with Crippen LogP contribution in [0.3, 0.4) is 0 Å². The second-order valence-corrected chi connectivity index (χ2v) is 5.78. The highest BCUT2D eigenvalue weighted by atomic mass is 16.5. The fourth-order valence-electron chi connectivity index (χ4n) is 3.15. The van der Waals surface area contributed by atoms with Crippen molar-refractivity contribution in [3.63, 3.8) is 0 Å². The van der Waals surface area contributed by atoms with Gasteiger partial charge in [-0.3, -0.25) is 0 Å². The molecule has 18 heavy (non-hydrogen) atoms. The van der Waals surface area contributed by atoms with Crippen molar-refractivity contribution >= 4 is 0 Å². The van der Waals surface area contributed by atoms with Gasteiger partial charge in [0.15, 0.2) is 0 Å². The van der Waals surface area contributed by atoms with Crippen LogP contribution in [0.5, 0.6) is 0 Å². The maximum atomic E-state index is 5.90. The zero-order chi connectivity index (χ0) is 12.6. The van der Waals surface area contributed by atoms with Gasteiger partial charge in [-0.25, -0.2) is 0 Å². The van der Waals surface area contributed by atoms with Gasteiger partial charge < -0.3 is 14.8 Å². The smallest absolute Gasteiger partial charge is 0.0809 e. The normalized spacial score (nSPS) is 26.8. The van der Waals surface area contributed by atoms with Crippen molar-refractivity contribution in [2.75, 3.05) is 26.4 Å². The molecule has 1 saturated heterocycles. The van der Waals surface area contributed by atoms with Crippen LogP contribution in [0.2, 0.25) is 0 Å². The Morgan fingerprint density at radius 1 is 1.22 bits per heavy atom. The molecule has 0 aromatic carbocycles. The van der Waals surface area contributed by atoms with Gasteiger partial charge in [0.2, 0.25) is 0 Å². The molecular formula is C15H29NO2. The highest BCUT2D eigenvalue weighted by Crippen LogP contribution is 2.28. The van der Waals surface area contributed by atoms with E-state index in [1.807, 2.05) is 0 Å². The first-order valence-corrected chi connectivity index (χ1v) is 7.83. The molecule has 1 N–H and O–H groups in total. The summed E-state index contributed by atoms with van der Waals surface area (Å²) >= 11 is 0. The second-order valence-electron chi connectivity index (χ2n) is 5.78. The molecule has 1 aliphatic heterocycles. The Labute approximate surface area is 112 Å². The summed E-state index contributed by atoms with van der Waals surface area (Å²) < 4.78 is 11.5. The predicted molar refractivity (Wildman–Crippen MR) is 73.8 cm³/mol. The van der Waals surface area contributed by atoms with Crippen LogP contribution in [0.4, 0.5) is 0 Å². The molecule has 0 aromatic heterocycles. The highest BCUT2D eigenvalue weighted by molar-refractivity contribution is 4.80. The standard InChI is InChI=1S/C15H29NO2/c1-2-9-16-15(13-6-3-4-7-13)12-17-11-14-8-5-10-18-14/h13-16H,2-12H2,1H3. The summed E-state index contributed by atoms with van der Waals surface area (Å²) in [7, 11) is 0. The van der Waals surface area contributed by atoms with Crippen molar-refractivity contribution in [2.24, 2.45) is 5.92 Å². The van der Waals surface area contributed by atoms with E-state index in [-0.39, 0.29) is 0 Å². The molecule has 2 fully saturated rings. The first-order valence-electron chi connectivity index (χ1n) is 7.83. The van der Waals surface area contributed by atoms with Crippen LogP contribution in [0, 0.1) is 5.92 Å². The highest BCUT2D eigenvalue weighted by Gasteiger charge is 2.25. The van der Waals surface area contributed by atoms with Crippen molar-refractivity contribution in [1.82, 2.24) is 5.32 Å². The Bertz CT molecular complexity index is 211. The van der Waals surface area contributed by atoms with E-state index in [4.69, 9.17) is 9.47 Å². The molecule has 0 spiro atoms. The van der Waals surface area contributed by atoms with E-state index in [1.165, 1.54) is 44.9 Å². The minimum atomic E-state index is 0.361. The first-order chi connectivity index (χ1) is 8.90. The molecule has 3 heteroatoms. The summed E-state index contributed by atoms with van der Waals surface area (Å²) in [5, 5.41) is 3.67. The molecule has 2 unspecified atom stereocenters. The van der Waals surface area contributed by atoms with Gasteiger partial charge in [0.05, 0.1) is 19.3 Å². The van der Waals surface area contributed by atoms with Crippen molar-refractivity contribution in [3.05, 3.63) is 0 Å². The fraction of sp³-hybridized carbons (Fsp3) is 1.00. The van der Waals surface area contributed by atoms with Crippen LogP contribution in [0.15, 0.2) is 0 Å². The largest absolute Gasteiger partial charge is 0.377 e. The maximum Gasteiger partial charge on any atom is 0.0809 e. The molecule has 0 bridgehead atoms. The van der Waals surface area contributed by atoms with Gasteiger partial charge >= 0.3 is 0 Å². The minimum Gasteiger partial charge on any atom is -0.377 e. The average Bonchev–Trinajstić information content (AvgIpc) is 3.05. The van der Waals surface area contributed by atoms with Crippen LogP contribution in [0.25, 0.3) is 0 Å². The van der Waals surface area contributed by atoms with Crippen molar-refractivity contribution < 1.29 is 9.47 Å². The Morgan fingerprint density at radius 3 is 2.72 bits per heavy atom. The number of rotatable bonds is 8. The van der Waals surface area contributed by atoms with Gasteiger partial charge in [-0.1, -0.05) is 19.8 Å². The van der Waals surface area contributed by atoms with E-state index in [0.717, 1.165) is 32.3 Å². The summed E-state index contributed by atoms with van der Waals surface area (Å²) in [6.45, 7) is 5.92. The lowest BCUT2D eigenvalue weighted by molar-refractivity contribution is 0.00497. The van der Waals surface area contributed by atoms with E-state index in [9.17, 15) is 0 Å². The topological polar surface area (TPSA) is 30.5 Å². The fourth-order valence-corrected chi connectivity index (χ4v) is 3.15. The van der Waals surface area contributed by atoms with E-state index in [0.29, 0.717) is 12.1 Å². The van der Waals surface area contributed by atoms with E-state index >= 15 is 0 Å². The lowest BCUT2D eigenvalue weighted by atomic mass is 9.98. The van der Waals surface area contributed by atoms with Crippen molar-refractivity contribution in [3.8, 4) is 0 Å². The molecule has 1 saturated carbocycles. The Balaban J connectivity index is 1.66. The second kappa shape index (κ2) is 8.13. The molecule has 106 valence electrons. The Kier molecular flexibility index (Phi) is 6.46. The third kappa shape index (κ3) is 4.52. The number of nitrogens with one attached hydrogen (secondary N) is 1. The molecule has 0 aromatic rings. The van der Waals surface area contributed by atoms with Crippen LogP contribution in [-0.2, 0) is 9.47 Å². The van der Waals surface area contributed by atoms with Gasteiger partial charge in [-0.15, -0.1) is 0 Å². The summed E-state index contributed by atoms with van der Waals surface area (Å²) in [6, 6.07) is 0.564. The summed E-state index contributed by atoms with van der Waals surface area (Å²) in [6.07, 6.45) is 9.51. The third-order valence-corrected chi connectivity index (χ3v) is 4.25. The third-order valence-electron chi connectivity index (χ3n) is 4.25. The molecular weight excluding hydrogens is 226 g/mol. The van der Waals surface area contributed by atoms with Gasteiger partial charge in [0.25, 0.3) is 0 Å². The number of hydrogen-bond donors (Lipinski definition) is 1. The average molecular weight is 255 g/mol. The first kappa shape index (κ1) is 14.3. The molecule has 1 aliphatic carbocycles. The summed E-state index contributed by atoms with van der Waals surface area (Å²) in [5.41, 5.74) is 0. The Hall–Kier alpha value is -0.120. The van der Waals surface area contributed by atoms with Crippen molar-refractivity contribution in [1.29, 1.82) is 0 Å². The van der Waals surface area contributed by atoms with Gasteiger partial charge in [-0.2, -0.15) is 0 Å². The molecule has 2 atom stereocenters. The number of ether oxygens (including phenoxy) is 2. The van der Waals surface area contributed by atoms with Gasteiger partial charge in [-0.05, 0) is 44.6 Å². The SMILES string of the molecule is CCCNC(COCC1CCCO1)C1CCCC1. The molecule has 2 aliphatic rings. The van der Waals surface area contributed by atoms with E-state index < -0.39 is 0 Å². The minimum absolute atomic E-state index is 0.361. The van der Waals surface area contributed by atoms with Crippen LogP contribution >= 0.6 is 0 Å². The lowest BCUT2D eigenvalue weighted by Gasteiger charge is -2.25. The van der Waals surface area contributed by atoms with E-state index in [1.54, 1.807) is 0 Å². The molecule has 0 amide bonds. The molecule has 1 heterocycles. The number of hydrogen-bond acceptors (Lipinski definition) is 3. The monoisotopic (exact) mass is 255 g/mol. The summed E-state index contributed by atoms with van der Waals surface area (Å²) in [4.78, 5) is 0. The molecule has 3 nitrogen and oxygen atoms in total. The lowest BCUT2D eigenvalue weighted by Crippen LogP contribution is -2.40. The van der Waals surface area contributed by atoms with Gasteiger partial charge in [0, 0.05) is 12.6 Å². The maximum absolute atomic E-state index is 5.90. The van der Waals surface area contributed by atoms with Crippen molar-refractivity contribution in [2.45, 2.75) is 64.0 Å². The van der Waals surface area contributed by atoms with Crippen LogP contribution in [-0.4, -0.2) is 38.5 Å². The van der Waals surface area contributed by atoms with E-state index in [2.05, 4.69) is 12.2 Å². The molecule has 2 rings (SSSR count). The van der Waals surface area contributed by atoms with Gasteiger partial charge in [0.1, 0.15) is 0 Å². The zero-order valence-corrected chi connectivity index (χ0v) is 11.8. The van der Waals surface area contributed by atoms with Crippen LogP contribution < -0.4 is 5.32 Å². The predicted octanol–water partition coefficient (Wildman–Crippen LogP) is 2.74. The molecule has 0 radical (unpaired) electrons. The Morgan fingerprint density at radius 2 is 2.06 bits per heavy atom. The quantitative estimate of drug-likeness (QED) is 0.723. The van der Waals surface area contributed by atoms with Crippen LogP contribution in [0.1, 0.15) is 51.9 Å². The summed E-state index contributed by atoms with van der Waals surface area (Å²) in [5.74, 6) is 0.834.